The van der Waals surface area contributed by atoms with Crippen molar-refractivity contribution >= 4 is 0 Å². The van der Waals surface area contributed by atoms with Crippen LogP contribution in [-0.2, 0) is 18.9 Å². The number of rotatable bonds is 20. The van der Waals surface area contributed by atoms with Gasteiger partial charge in [-0.2, -0.15) is 0 Å². The summed E-state index contributed by atoms with van der Waals surface area (Å²) in [6, 6.07) is 0. The van der Waals surface area contributed by atoms with E-state index in [1.54, 1.807) is 7.11 Å². The van der Waals surface area contributed by atoms with E-state index in [2.05, 4.69) is 20.8 Å². The largest absolute Gasteiger partial charge is 0.384 e. The minimum atomic E-state index is -0.195. The third-order valence-electron chi connectivity index (χ3n) is 4.35. The smallest absolute Gasteiger partial charge is 0.0637 e. The fourth-order valence-corrected chi connectivity index (χ4v) is 2.78. The zero-order chi connectivity index (χ0) is 18.6. The maximum Gasteiger partial charge on any atom is 0.0637 e. The molecule has 0 unspecified atom stereocenters. The van der Waals surface area contributed by atoms with Gasteiger partial charge in [0.15, 0.2) is 0 Å². The number of hydrogen-bond acceptors (Lipinski definition) is 4. The quantitative estimate of drug-likeness (QED) is 0.278. The fourth-order valence-electron chi connectivity index (χ4n) is 2.78. The summed E-state index contributed by atoms with van der Waals surface area (Å²) < 4.78 is 23.4. The highest BCUT2D eigenvalue weighted by Gasteiger charge is 2.32. The van der Waals surface area contributed by atoms with E-state index in [0.717, 1.165) is 39.1 Å². The normalized spacial score (nSPS) is 12.0. The minimum Gasteiger partial charge on any atom is -0.384 e. The van der Waals surface area contributed by atoms with E-state index in [1.807, 2.05) is 0 Å². The van der Waals surface area contributed by atoms with Crippen molar-refractivity contribution in [1.29, 1.82) is 0 Å². The zero-order valence-electron chi connectivity index (χ0n) is 17.4. The van der Waals surface area contributed by atoms with Crippen molar-refractivity contribution in [2.75, 3.05) is 53.4 Å². The van der Waals surface area contributed by atoms with Crippen LogP contribution >= 0.6 is 0 Å². The average molecular weight is 361 g/mol. The van der Waals surface area contributed by atoms with Gasteiger partial charge in [-0.25, -0.2) is 0 Å². The van der Waals surface area contributed by atoms with Crippen molar-refractivity contribution in [2.45, 2.75) is 78.6 Å². The van der Waals surface area contributed by atoms with Crippen LogP contribution in [0.15, 0.2) is 0 Å². The predicted octanol–water partition coefficient (Wildman–Crippen LogP) is 5.24. The molecule has 0 N–H and O–H groups in total. The highest BCUT2D eigenvalue weighted by molar-refractivity contribution is 4.79. The summed E-state index contributed by atoms with van der Waals surface area (Å²) in [6.45, 7) is 11.6. The fraction of sp³-hybridized carbons (Fsp3) is 1.00. The van der Waals surface area contributed by atoms with E-state index in [1.165, 1.54) is 38.5 Å². The molecule has 0 saturated carbocycles. The lowest BCUT2D eigenvalue weighted by atomic mass is 9.92. The van der Waals surface area contributed by atoms with Gasteiger partial charge in [0, 0.05) is 26.9 Å². The SMILES string of the molecule is CCCCCOCC(COC)(COCCCCC)COCCCCC. The van der Waals surface area contributed by atoms with Crippen molar-refractivity contribution in [3.05, 3.63) is 0 Å². The molecule has 25 heavy (non-hydrogen) atoms. The Bertz CT molecular complexity index is 222. The molecule has 0 rings (SSSR count). The van der Waals surface area contributed by atoms with Crippen molar-refractivity contribution in [1.82, 2.24) is 0 Å². The van der Waals surface area contributed by atoms with Crippen LogP contribution in [0.2, 0.25) is 0 Å². The summed E-state index contributed by atoms with van der Waals surface area (Å²) in [5, 5.41) is 0. The minimum absolute atomic E-state index is 0.195. The highest BCUT2D eigenvalue weighted by atomic mass is 16.5. The Kier molecular flexibility index (Phi) is 18.5. The van der Waals surface area contributed by atoms with Crippen LogP contribution in [0.3, 0.4) is 0 Å². The van der Waals surface area contributed by atoms with Crippen molar-refractivity contribution < 1.29 is 18.9 Å². The maximum atomic E-state index is 5.97. The van der Waals surface area contributed by atoms with Crippen LogP contribution in [-0.4, -0.2) is 53.4 Å². The molecule has 152 valence electrons. The Labute approximate surface area is 156 Å². The number of ether oxygens (including phenoxy) is 4. The van der Waals surface area contributed by atoms with Crippen LogP contribution in [0.4, 0.5) is 0 Å². The standard InChI is InChI=1S/C21H44O4/c1-5-8-11-14-23-18-21(17-22-4,19-24-15-12-9-6-2)20-25-16-13-10-7-3/h5-20H2,1-4H3. The molecule has 0 aliphatic heterocycles. The number of methoxy groups -OCH3 is 1. The Morgan fingerprint density at radius 3 is 1.16 bits per heavy atom. The Balaban J connectivity index is 4.40. The van der Waals surface area contributed by atoms with Crippen molar-refractivity contribution in [2.24, 2.45) is 5.41 Å². The van der Waals surface area contributed by atoms with Crippen LogP contribution in [0.5, 0.6) is 0 Å². The molecule has 0 amide bonds. The summed E-state index contributed by atoms with van der Waals surface area (Å²) in [7, 11) is 1.75. The van der Waals surface area contributed by atoms with Gasteiger partial charge in [0.05, 0.1) is 31.8 Å². The summed E-state index contributed by atoms with van der Waals surface area (Å²) in [5.74, 6) is 0. The van der Waals surface area contributed by atoms with Gasteiger partial charge < -0.3 is 18.9 Å². The van der Waals surface area contributed by atoms with Crippen LogP contribution < -0.4 is 0 Å². The molecular weight excluding hydrogens is 316 g/mol. The first kappa shape index (κ1) is 24.8. The van der Waals surface area contributed by atoms with E-state index in [4.69, 9.17) is 18.9 Å². The van der Waals surface area contributed by atoms with E-state index in [0.29, 0.717) is 26.4 Å². The molecule has 0 saturated heterocycles. The summed E-state index contributed by atoms with van der Waals surface area (Å²) in [5.41, 5.74) is -0.195. The Morgan fingerprint density at radius 1 is 0.520 bits per heavy atom. The second-order valence-electron chi connectivity index (χ2n) is 7.21. The van der Waals surface area contributed by atoms with E-state index >= 15 is 0 Å². The molecule has 0 aromatic rings. The lowest BCUT2D eigenvalue weighted by molar-refractivity contribution is -0.101. The number of hydrogen-bond donors (Lipinski definition) is 0. The monoisotopic (exact) mass is 360 g/mol. The van der Waals surface area contributed by atoms with Crippen LogP contribution in [0.25, 0.3) is 0 Å². The molecule has 0 heterocycles. The molecule has 0 aromatic heterocycles. The van der Waals surface area contributed by atoms with Crippen LogP contribution in [0, 0.1) is 5.41 Å². The molecule has 4 heteroatoms. The molecular formula is C21H44O4. The molecule has 0 aromatic carbocycles. The van der Waals surface area contributed by atoms with Gasteiger partial charge in [-0.1, -0.05) is 59.3 Å². The van der Waals surface area contributed by atoms with Gasteiger partial charge in [0.1, 0.15) is 0 Å². The van der Waals surface area contributed by atoms with E-state index < -0.39 is 0 Å². The summed E-state index contributed by atoms with van der Waals surface area (Å²) in [4.78, 5) is 0. The second-order valence-corrected chi connectivity index (χ2v) is 7.21. The molecule has 0 bridgehead atoms. The second kappa shape index (κ2) is 18.6. The Morgan fingerprint density at radius 2 is 0.880 bits per heavy atom. The first-order chi connectivity index (χ1) is 12.2. The first-order valence-electron chi connectivity index (χ1n) is 10.5. The van der Waals surface area contributed by atoms with Gasteiger partial charge in [-0.3, -0.25) is 0 Å². The zero-order valence-corrected chi connectivity index (χ0v) is 17.4. The van der Waals surface area contributed by atoms with E-state index in [9.17, 15) is 0 Å². The first-order valence-corrected chi connectivity index (χ1v) is 10.5. The lowest BCUT2D eigenvalue weighted by Gasteiger charge is -2.32. The average Bonchev–Trinajstić information content (AvgIpc) is 2.61. The van der Waals surface area contributed by atoms with Gasteiger partial charge in [0.2, 0.25) is 0 Å². The number of unbranched alkanes of at least 4 members (excludes halogenated alkanes) is 6. The molecule has 0 fully saturated rings. The predicted molar refractivity (Wildman–Crippen MR) is 105 cm³/mol. The topological polar surface area (TPSA) is 36.9 Å². The van der Waals surface area contributed by atoms with Crippen LogP contribution in [0.1, 0.15) is 78.6 Å². The lowest BCUT2D eigenvalue weighted by Crippen LogP contribution is -2.41. The summed E-state index contributed by atoms with van der Waals surface area (Å²) in [6.07, 6.45) is 10.7. The van der Waals surface area contributed by atoms with Gasteiger partial charge >= 0.3 is 0 Å². The molecule has 0 aliphatic rings. The third kappa shape index (κ3) is 14.7. The summed E-state index contributed by atoms with van der Waals surface area (Å²) >= 11 is 0. The highest BCUT2D eigenvalue weighted by Crippen LogP contribution is 2.21. The third-order valence-corrected chi connectivity index (χ3v) is 4.35. The van der Waals surface area contributed by atoms with Gasteiger partial charge in [0.25, 0.3) is 0 Å². The molecule has 4 nitrogen and oxygen atoms in total. The van der Waals surface area contributed by atoms with Gasteiger partial charge in [-0.05, 0) is 19.3 Å². The van der Waals surface area contributed by atoms with Crippen molar-refractivity contribution in [3.8, 4) is 0 Å². The molecule has 0 atom stereocenters. The molecule has 0 spiro atoms. The van der Waals surface area contributed by atoms with E-state index in [-0.39, 0.29) is 5.41 Å². The van der Waals surface area contributed by atoms with Crippen molar-refractivity contribution in [3.63, 3.8) is 0 Å². The molecule has 0 radical (unpaired) electrons. The van der Waals surface area contributed by atoms with Gasteiger partial charge in [-0.15, -0.1) is 0 Å². The maximum absolute atomic E-state index is 5.97. The Hall–Kier alpha value is -0.160. The molecule has 0 aliphatic carbocycles.